The van der Waals surface area contributed by atoms with E-state index < -0.39 is 0 Å². The number of nitrogens with zero attached hydrogens (tertiary/aromatic N) is 1. The maximum atomic E-state index is 12.1. The van der Waals surface area contributed by atoms with Gasteiger partial charge in [-0.3, -0.25) is 4.79 Å². The predicted octanol–water partition coefficient (Wildman–Crippen LogP) is 1.96. The Hall–Kier alpha value is -0.220. The number of carbonyl (C=O) groups is 1. The van der Waals surface area contributed by atoms with Crippen molar-refractivity contribution in [2.75, 3.05) is 19.1 Å². The van der Waals surface area contributed by atoms with Crippen LogP contribution in [0.1, 0.15) is 33.6 Å². The van der Waals surface area contributed by atoms with Crippen LogP contribution in [0.25, 0.3) is 0 Å². The van der Waals surface area contributed by atoms with Crippen LogP contribution >= 0.6 is 11.8 Å². The van der Waals surface area contributed by atoms with Crippen molar-refractivity contribution in [2.45, 2.75) is 45.7 Å². The van der Waals surface area contributed by atoms with Crippen molar-refractivity contribution in [2.24, 2.45) is 11.7 Å². The molecule has 0 bridgehead atoms. The smallest absolute Gasteiger partial charge is 0.239 e. The summed E-state index contributed by atoms with van der Waals surface area (Å²) in [6.07, 6.45) is 3.99. The molecule has 3 nitrogen and oxygen atoms in total. The third-order valence-corrected chi connectivity index (χ3v) is 3.99. The van der Waals surface area contributed by atoms with Crippen LogP contribution in [-0.4, -0.2) is 41.9 Å². The highest BCUT2D eigenvalue weighted by molar-refractivity contribution is 7.98. The molecule has 96 valence electrons. The summed E-state index contributed by atoms with van der Waals surface area (Å²) < 4.78 is 0. The molecule has 0 radical (unpaired) electrons. The number of likely N-dealkylation sites (N-methyl/N-ethyl adjacent to an activating group) is 1. The number of hydrogen-bond donors (Lipinski definition) is 1. The van der Waals surface area contributed by atoms with Crippen LogP contribution in [0.3, 0.4) is 0 Å². The largest absolute Gasteiger partial charge is 0.341 e. The van der Waals surface area contributed by atoms with Crippen molar-refractivity contribution in [1.29, 1.82) is 0 Å². The van der Waals surface area contributed by atoms with Gasteiger partial charge in [-0.25, -0.2) is 0 Å². The minimum absolute atomic E-state index is 0.0789. The minimum atomic E-state index is -0.356. The van der Waals surface area contributed by atoms with E-state index in [2.05, 4.69) is 20.1 Å². The molecular weight excluding hydrogens is 220 g/mol. The van der Waals surface area contributed by atoms with Gasteiger partial charge in [-0.2, -0.15) is 11.8 Å². The van der Waals surface area contributed by atoms with E-state index in [-0.39, 0.29) is 17.9 Å². The number of nitrogens with two attached hydrogens (primary N) is 1. The molecular formula is C12H26N2OS. The molecule has 0 saturated heterocycles. The van der Waals surface area contributed by atoms with E-state index in [1.165, 1.54) is 0 Å². The van der Waals surface area contributed by atoms with Gasteiger partial charge in [-0.15, -0.1) is 0 Å². The summed E-state index contributed by atoms with van der Waals surface area (Å²) in [5.74, 6) is 1.31. The van der Waals surface area contributed by atoms with Gasteiger partial charge in [0.25, 0.3) is 0 Å². The molecule has 0 fully saturated rings. The summed E-state index contributed by atoms with van der Waals surface area (Å²) in [7, 11) is 1.87. The topological polar surface area (TPSA) is 46.3 Å². The van der Waals surface area contributed by atoms with Crippen LogP contribution in [0.4, 0.5) is 0 Å². The Morgan fingerprint density at radius 3 is 2.31 bits per heavy atom. The van der Waals surface area contributed by atoms with Crippen molar-refractivity contribution in [3.05, 3.63) is 0 Å². The molecule has 1 amide bonds. The van der Waals surface area contributed by atoms with Gasteiger partial charge < -0.3 is 10.6 Å². The normalized spacial score (nSPS) is 16.6. The Balaban J connectivity index is 4.45. The molecule has 0 aliphatic heterocycles. The van der Waals surface area contributed by atoms with Crippen molar-refractivity contribution in [3.8, 4) is 0 Å². The zero-order valence-corrected chi connectivity index (χ0v) is 12.0. The minimum Gasteiger partial charge on any atom is -0.341 e. The van der Waals surface area contributed by atoms with Gasteiger partial charge in [0, 0.05) is 18.8 Å². The highest BCUT2D eigenvalue weighted by Crippen LogP contribution is 2.13. The summed E-state index contributed by atoms with van der Waals surface area (Å²) in [6, 6.07) is -0.0523. The molecule has 0 rings (SSSR count). The Labute approximate surface area is 104 Å². The molecule has 2 N–H and O–H groups in total. The summed E-state index contributed by atoms with van der Waals surface area (Å²) in [4.78, 5) is 13.9. The van der Waals surface area contributed by atoms with Gasteiger partial charge in [-0.05, 0) is 18.6 Å². The van der Waals surface area contributed by atoms with Gasteiger partial charge in [0.05, 0.1) is 6.04 Å². The van der Waals surface area contributed by atoms with E-state index in [1.807, 2.05) is 18.9 Å². The van der Waals surface area contributed by atoms with Crippen LogP contribution in [-0.2, 0) is 4.79 Å². The molecule has 16 heavy (non-hydrogen) atoms. The fourth-order valence-electron chi connectivity index (χ4n) is 1.61. The Morgan fingerprint density at radius 1 is 1.38 bits per heavy atom. The summed E-state index contributed by atoms with van der Waals surface area (Å²) in [5.41, 5.74) is 5.96. The third-order valence-electron chi connectivity index (χ3n) is 3.27. The van der Waals surface area contributed by atoms with Crippen LogP contribution in [0.15, 0.2) is 0 Å². The first kappa shape index (κ1) is 15.8. The first-order valence-electron chi connectivity index (χ1n) is 6.00. The van der Waals surface area contributed by atoms with Crippen LogP contribution in [0.2, 0.25) is 0 Å². The van der Waals surface area contributed by atoms with Crippen molar-refractivity contribution in [3.63, 3.8) is 0 Å². The average Bonchev–Trinajstić information content (AvgIpc) is 2.32. The van der Waals surface area contributed by atoms with Crippen LogP contribution in [0, 0.1) is 5.92 Å². The zero-order chi connectivity index (χ0) is 12.7. The molecule has 0 heterocycles. The number of amides is 1. The lowest BCUT2D eigenvalue weighted by Gasteiger charge is -2.30. The highest BCUT2D eigenvalue weighted by atomic mass is 32.2. The van der Waals surface area contributed by atoms with Gasteiger partial charge in [-0.1, -0.05) is 27.2 Å². The van der Waals surface area contributed by atoms with E-state index in [0.717, 1.165) is 18.6 Å². The van der Waals surface area contributed by atoms with Crippen molar-refractivity contribution in [1.82, 2.24) is 4.90 Å². The van der Waals surface area contributed by atoms with Gasteiger partial charge in [0.2, 0.25) is 5.91 Å². The number of hydrogen-bond acceptors (Lipinski definition) is 3. The Morgan fingerprint density at radius 2 is 1.94 bits per heavy atom. The number of thioether (sulfide) groups is 1. The first-order chi connectivity index (χ1) is 7.49. The lowest BCUT2D eigenvalue weighted by molar-refractivity contribution is -0.134. The molecule has 4 heteroatoms. The predicted molar refractivity (Wildman–Crippen MR) is 72.7 cm³/mol. The fraction of sp³-hybridized carbons (Fsp3) is 0.917. The second kappa shape index (κ2) is 7.96. The first-order valence-corrected chi connectivity index (χ1v) is 7.40. The monoisotopic (exact) mass is 246 g/mol. The van der Waals surface area contributed by atoms with Gasteiger partial charge >= 0.3 is 0 Å². The molecule has 0 aromatic heterocycles. The maximum Gasteiger partial charge on any atom is 0.239 e. The second-order valence-electron chi connectivity index (χ2n) is 4.38. The zero-order valence-electron chi connectivity index (χ0n) is 11.2. The number of rotatable bonds is 7. The summed E-state index contributed by atoms with van der Waals surface area (Å²) in [6.45, 7) is 6.21. The third kappa shape index (κ3) is 4.34. The quantitative estimate of drug-likeness (QED) is 0.747. The molecule has 0 spiro atoms. The summed E-state index contributed by atoms with van der Waals surface area (Å²) >= 11 is 1.77. The van der Waals surface area contributed by atoms with Crippen molar-refractivity contribution >= 4 is 17.7 Å². The molecule has 0 aromatic carbocycles. The molecule has 1 unspecified atom stereocenters. The number of carbonyl (C=O) groups excluding carboxylic acids is 1. The van der Waals surface area contributed by atoms with E-state index in [0.29, 0.717) is 6.04 Å². The lowest BCUT2D eigenvalue weighted by Crippen LogP contribution is -2.49. The molecule has 0 saturated carbocycles. The van der Waals surface area contributed by atoms with Gasteiger partial charge in [0.1, 0.15) is 0 Å². The van der Waals surface area contributed by atoms with Gasteiger partial charge in [0.15, 0.2) is 0 Å². The van der Waals surface area contributed by atoms with Crippen molar-refractivity contribution < 1.29 is 4.79 Å². The lowest BCUT2D eigenvalue weighted by atomic mass is 9.98. The van der Waals surface area contributed by atoms with E-state index in [9.17, 15) is 4.79 Å². The molecule has 0 aromatic rings. The van der Waals surface area contributed by atoms with Crippen LogP contribution in [0.5, 0.6) is 0 Å². The van der Waals surface area contributed by atoms with E-state index >= 15 is 0 Å². The second-order valence-corrected chi connectivity index (χ2v) is 5.29. The average molecular weight is 246 g/mol. The van der Waals surface area contributed by atoms with Crippen LogP contribution < -0.4 is 5.73 Å². The van der Waals surface area contributed by atoms with E-state index in [1.54, 1.807) is 11.8 Å². The fourth-order valence-corrected chi connectivity index (χ4v) is 2.45. The summed E-state index contributed by atoms with van der Waals surface area (Å²) in [5, 5.41) is 0. The molecule has 0 aliphatic rings. The SMILES string of the molecule is CCC(CSC)N(C)C(=O)[C@@H](N)[C@@H](C)CC. The van der Waals surface area contributed by atoms with E-state index in [4.69, 9.17) is 5.73 Å². The molecule has 3 atom stereocenters. The molecule has 0 aliphatic carbocycles. The Bertz CT molecular complexity index is 211. The standard InChI is InChI=1S/C12H26N2OS/c1-6-9(3)11(13)12(15)14(4)10(7-2)8-16-5/h9-11H,6-8,13H2,1-5H3/t9-,10?,11-/m0/s1. The highest BCUT2D eigenvalue weighted by Gasteiger charge is 2.26. The maximum absolute atomic E-state index is 12.1. The Kier molecular flexibility index (Phi) is 7.85.